The molecule has 0 aliphatic carbocycles. The number of nitrogens with one attached hydrogen (secondary N) is 1. The molecule has 0 bridgehead atoms. The predicted molar refractivity (Wildman–Crippen MR) is 72.2 cm³/mol. The zero-order chi connectivity index (χ0) is 13.9. The quantitative estimate of drug-likeness (QED) is 0.845. The molecule has 0 saturated heterocycles. The Bertz CT molecular complexity index is 412. The first-order chi connectivity index (χ1) is 8.36. The SMILES string of the molecule is CC[C@H](C)[C@H](N)C(=O)NC(C)c1cc(C)oc1C. The van der Waals surface area contributed by atoms with Gasteiger partial charge in [0.25, 0.3) is 0 Å². The molecule has 3 atom stereocenters. The average Bonchev–Trinajstić information content (AvgIpc) is 2.66. The third kappa shape index (κ3) is 3.35. The lowest BCUT2D eigenvalue weighted by Gasteiger charge is -2.20. The van der Waals surface area contributed by atoms with Crippen molar-refractivity contribution >= 4 is 5.91 Å². The van der Waals surface area contributed by atoms with E-state index in [0.29, 0.717) is 0 Å². The van der Waals surface area contributed by atoms with Crippen LogP contribution in [0.5, 0.6) is 0 Å². The summed E-state index contributed by atoms with van der Waals surface area (Å²) in [4.78, 5) is 12.0. The Hall–Kier alpha value is -1.29. The Morgan fingerprint density at radius 2 is 2.06 bits per heavy atom. The van der Waals surface area contributed by atoms with Crippen LogP contribution in [-0.2, 0) is 4.79 Å². The largest absolute Gasteiger partial charge is 0.466 e. The van der Waals surface area contributed by atoms with Gasteiger partial charge in [0.1, 0.15) is 11.5 Å². The van der Waals surface area contributed by atoms with Crippen LogP contribution in [0.4, 0.5) is 0 Å². The predicted octanol–water partition coefficient (Wildman–Crippen LogP) is 2.45. The van der Waals surface area contributed by atoms with Crippen LogP contribution < -0.4 is 11.1 Å². The van der Waals surface area contributed by atoms with Gasteiger partial charge >= 0.3 is 0 Å². The van der Waals surface area contributed by atoms with Crippen LogP contribution in [0.15, 0.2) is 10.5 Å². The maximum absolute atomic E-state index is 12.0. The molecule has 0 fully saturated rings. The minimum Gasteiger partial charge on any atom is -0.466 e. The van der Waals surface area contributed by atoms with Gasteiger partial charge in [-0.25, -0.2) is 0 Å². The van der Waals surface area contributed by atoms with Crippen molar-refractivity contribution in [2.45, 2.75) is 53.1 Å². The van der Waals surface area contributed by atoms with E-state index in [2.05, 4.69) is 5.32 Å². The van der Waals surface area contributed by atoms with Crippen molar-refractivity contribution in [1.29, 1.82) is 0 Å². The van der Waals surface area contributed by atoms with E-state index in [1.54, 1.807) is 0 Å². The van der Waals surface area contributed by atoms with Crippen LogP contribution in [0.2, 0.25) is 0 Å². The Kier molecular flexibility index (Phi) is 4.96. The molecular formula is C14H24N2O2. The zero-order valence-corrected chi connectivity index (χ0v) is 11.9. The van der Waals surface area contributed by atoms with Crippen molar-refractivity contribution in [3.05, 3.63) is 23.2 Å². The standard InChI is InChI=1S/C14H24N2O2/c1-6-8(2)13(15)14(17)16-10(4)12-7-9(3)18-11(12)5/h7-8,10,13H,6,15H2,1-5H3,(H,16,17)/t8-,10?,13-/m0/s1. The number of amides is 1. The van der Waals surface area contributed by atoms with Crippen LogP contribution in [0.1, 0.15) is 50.3 Å². The molecule has 0 aromatic carbocycles. The molecule has 1 rings (SSSR count). The van der Waals surface area contributed by atoms with Crippen molar-refractivity contribution in [3.8, 4) is 0 Å². The molecule has 0 radical (unpaired) electrons. The van der Waals surface area contributed by atoms with E-state index in [-0.39, 0.29) is 17.9 Å². The van der Waals surface area contributed by atoms with Crippen molar-refractivity contribution in [2.75, 3.05) is 0 Å². The van der Waals surface area contributed by atoms with Crippen LogP contribution in [0, 0.1) is 19.8 Å². The first-order valence-electron chi connectivity index (χ1n) is 6.49. The lowest BCUT2D eigenvalue weighted by Crippen LogP contribution is -2.45. The van der Waals surface area contributed by atoms with Gasteiger partial charge in [-0.05, 0) is 32.8 Å². The fraction of sp³-hybridized carbons (Fsp3) is 0.643. The third-order valence-corrected chi connectivity index (χ3v) is 3.46. The molecule has 0 aliphatic rings. The van der Waals surface area contributed by atoms with Crippen LogP contribution in [0.3, 0.4) is 0 Å². The lowest BCUT2D eigenvalue weighted by atomic mass is 9.98. The second kappa shape index (κ2) is 6.05. The summed E-state index contributed by atoms with van der Waals surface area (Å²) in [6, 6.07) is 1.42. The van der Waals surface area contributed by atoms with Crippen molar-refractivity contribution in [1.82, 2.24) is 5.32 Å². The number of furan rings is 1. The number of hydrogen-bond acceptors (Lipinski definition) is 3. The normalized spacial score (nSPS) is 16.1. The Balaban J connectivity index is 2.67. The summed E-state index contributed by atoms with van der Waals surface area (Å²) in [5.74, 6) is 1.78. The fourth-order valence-electron chi connectivity index (χ4n) is 1.98. The van der Waals surface area contributed by atoms with Gasteiger partial charge in [0.15, 0.2) is 0 Å². The molecule has 0 spiro atoms. The highest BCUT2D eigenvalue weighted by molar-refractivity contribution is 5.82. The smallest absolute Gasteiger partial charge is 0.237 e. The van der Waals surface area contributed by atoms with Gasteiger partial charge in [0.2, 0.25) is 5.91 Å². The number of carbonyl (C=O) groups is 1. The number of hydrogen-bond donors (Lipinski definition) is 2. The number of rotatable bonds is 5. The fourth-order valence-corrected chi connectivity index (χ4v) is 1.98. The number of carbonyl (C=O) groups excluding carboxylic acids is 1. The van der Waals surface area contributed by atoms with E-state index in [0.717, 1.165) is 23.5 Å². The summed E-state index contributed by atoms with van der Waals surface area (Å²) in [6.45, 7) is 9.76. The molecular weight excluding hydrogens is 228 g/mol. The van der Waals surface area contributed by atoms with Gasteiger partial charge in [-0.3, -0.25) is 4.79 Å². The second-order valence-corrected chi connectivity index (χ2v) is 5.01. The van der Waals surface area contributed by atoms with E-state index in [1.165, 1.54) is 0 Å². The Morgan fingerprint density at radius 1 is 1.44 bits per heavy atom. The maximum Gasteiger partial charge on any atom is 0.237 e. The summed E-state index contributed by atoms with van der Waals surface area (Å²) in [5.41, 5.74) is 6.92. The highest BCUT2D eigenvalue weighted by Crippen LogP contribution is 2.21. The number of aryl methyl sites for hydroxylation is 2. The Labute approximate surface area is 109 Å². The minimum atomic E-state index is -0.453. The van der Waals surface area contributed by atoms with Crippen molar-refractivity contribution in [2.24, 2.45) is 11.7 Å². The molecule has 3 N–H and O–H groups in total. The molecule has 0 aliphatic heterocycles. The van der Waals surface area contributed by atoms with Gasteiger partial charge in [-0.15, -0.1) is 0 Å². The summed E-state index contributed by atoms with van der Waals surface area (Å²) in [7, 11) is 0. The highest BCUT2D eigenvalue weighted by Gasteiger charge is 2.22. The molecule has 1 aromatic rings. The van der Waals surface area contributed by atoms with Crippen molar-refractivity contribution < 1.29 is 9.21 Å². The summed E-state index contributed by atoms with van der Waals surface area (Å²) >= 11 is 0. The molecule has 0 saturated carbocycles. The number of nitrogens with two attached hydrogens (primary N) is 1. The topological polar surface area (TPSA) is 68.3 Å². The van der Waals surface area contributed by atoms with Crippen LogP contribution in [-0.4, -0.2) is 11.9 Å². The maximum atomic E-state index is 12.0. The molecule has 1 unspecified atom stereocenters. The van der Waals surface area contributed by atoms with Crippen molar-refractivity contribution in [3.63, 3.8) is 0 Å². The monoisotopic (exact) mass is 252 g/mol. The van der Waals surface area contributed by atoms with E-state index in [4.69, 9.17) is 10.2 Å². The summed E-state index contributed by atoms with van der Waals surface area (Å²) in [6.07, 6.45) is 0.896. The molecule has 18 heavy (non-hydrogen) atoms. The van der Waals surface area contributed by atoms with Gasteiger partial charge in [0.05, 0.1) is 12.1 Å². The van der Waals surface area contributed by atoms with Gasteiger partial charge in [-0.2, -0.15) is 0 Å². The summed E-state index contributed by atoms with van der Waals surface area (Å²) in [5, 5.41) is 2.94. The minimum absolute atomic E-state index is 0.0787. The molecule has 102 valence electrons. The molecule has 4 nitrogen and oxygen atoms in total. The van der Waals surface area contributed by atoms with Crippen LogP contribution in [0.25, 0.3) is 0 Å². The molecule has 1 aromatic heterocycles. The van der Waals surface area contributed by atoms with E-state index in [1.807, 2.05) is 40.7 Å². The first-order valence-corrected chi connectivity index (χ1v) is 6.49. The van der Waals surface area contributed by atoms with E-state index in [9.17, 15) is 4.79 Å². The zero-order valence-electron chi connectivity index (χ0n) is 11.9. The molecule has 1 amide bonds. The third-order valence-electron chi connectivity index (χ3n) is 3.46. The second-order valence-electron chi connectivity index (χ2n) is 5.01. The highest BCUT2D eigenvalue weighted by atomic mass is 16.3. The van der Waals surface area contributed by atoms with Crippen LogP contribution >= 0.6 is 0 Å². The van der Waals surface area contributed by atoms with E-state index >= 15 is 0 Å². The summed E-state index contributed by atoms with van der Waals surface area (Å²) < 4.78 is 5.46. The Morgan fingerprint density at radius 3 is 2.50 bits per heavy atom. The average molecular weight is 252 g/mol. The van der Waals surface area contributed by atoms with Gasteiger partial charge in [-0.1, -0.05) is 20.3 Å². The van der Waals surface area contributed by atoms with Gasteiger partial charge < -0.3 is 15.5 Å². The van der Waals surface area contributed by atoms with E-state index < -0.39 is 6.04 Å². The first kappa shape index (κ1) is 14.8. The molecule has 4 heteroatoms. The lowest BCUT2D eigenvalue weighted by molar-refractivity contribution is -0.124. The molecule has 1 heterocycles. The van der Waals surface area contributed by atoms with Gasteiger partial charge in [0, 0.05) is 5.56 Å².